The molecule has 0 fully saturated rings. The molecule has 1 aromatic heterocycles. The van der Waals surface area contributed by atoms with Gasteiger partial charge in [0.25, 0.3) is 0 Å². The van der Waals surface area contributed by atoms with Crippen LogP contribution in [0, 0.1) is 20.8 Å². The van der Waals surface area contributed by atoms with E-state index in [1.807, 2.05) is 18.2 Å². The molecule has 0 radical (unpaired) electrons. The number of aromatic nitrogens is 1. The van der Waals surface area contributed by atoms with Crippen molar-refractivity contribution in [1.82, 2.24) is 9.99 Å². The lowest BCUT2D eigenvalue weighted by molar-refractivity contribution is 0.768. The highest BCUT2D eigenvalue weighted by Gasteiger charge is 2.18. The van der Waals surface area contributed by atoms with E-state index in [0.29, 0.717) is 0 Å². The van der Waals surface area contributed by atoms with Gasteiger partial charge in [-0.2, -0.15) is 5.10 Å². The zero-order valence-corrected chi connectivity index (χ0v) is 15.2. The van der Waals surface area contributed by atoms with Crippen molar-refractivity contribution in [3.05, 3.63) is 65.5 Å². The summed E-state index contributed by atoms with van der Waals surface area (Å²) in [5.74, 6) is 0.816. The number of hydrogen-bond acceptors (Lipinski definition) is 3. The summed E-state index contributed by atoms with van der Waals surface area (Å²) >= 11 is 1.68. The zero-order valence-electron chi connectivity index (χ0n) is 14.3. The van der Waals surface area contributed by atoms with E-state index in [1.165, 1.54) is 22.5 Å². The highest BCUT2D eigenvalue weighted by Crippen LogP contribution is 2.22. The molecule has 1 N–H and O–H groups in total. The van der Waals surface area contributed by atoms with Crippen LogP contribution in [0.3, 0.4) is 0 Å². The van der Waals surface area contributed by atoms with Gasteiger partial charge in [0.1, 0.15) is 0 Å². The van der Waals surface area contributed by atoms with E-state index in [0.717, 1.165) is 28.9 Å². The summed E-state index contributed by atoms with van der Waals surface area (Å²) in [6, 6.07) is 10.4. The molecule has 0 aliphatic carbocycles. The van der Waals surface area contributed by atoms with Gasteiger partial charge in [-0.1, -0.05) is 30.0 Å². The van der Waals surface area contributed by atoms with E-state index >= 15 is 0 Å². The number of nitrogens with zero attached hydrogens (tertiary/aromatic N) is 3. The van der Waals surface area contributed by atoms with Crippen molar-refractivity contribution in [2.45, 2.75) is 27.3 Å². The van der Waals surface area contributed by atoms with Crippen LogP contribution in [0.2, 0.25) is 0 Å². The molecule has 1 aromatic carbocycles. The third kappa shape index (κ3) is 3.46. The monoisotopic (exact) mass is 338 g/mol. The first-order valence-corrected chi connectivity index (χ1v) is 8.96. The minimum absolute atomic E-state index is 0.816. The number of benzene rings is 1. The minimum Gasteiger partial charge on any atom is -0.345 e. The molecule has 0 bridgehead atoms. The van der Waals surface area contributed by atoms with E-state index in [2.05, 4.69) is 65.6 Å². The molecule has 2 aromatic rings. The molecule has 1 aliphatic heterocycles. The molecule has 24 heavy (non-hydrogen) atoms. The normalized spacial score (nSPS) is 16.0. The smallest absolute Gasteiger partial charge is 0.182 e. The van der Waals surface area contributed by atoms with Gasteiger partial charge >= 0.3 is 0 Å². The fourth-order valence-electron chi connectivity index (χ4n) is 2.83. The van der Waals surface area contributed by atoms with Crippen LogP contribution in [0.5, 0.6) is 0 Å². The Balaban J connectivity index is 1.81. The van der Waals surface area contributed by atoms with Crippen LogP contribution < -0.4 is 5.43 Å². The summed E-state index contributed by atoms with van der Waals surface area (Å²) in [5, 5.41) is 5.39. The van der Waals surface area contributed by atoms with E-state index in [1.54, 1.807) is 11.8 Å². The molecule has 1 aliphatic rings. The second-order valence-corrected chi connectivity index (χ2v) is 6.86. The Labute approximate surface area is 147 Å². The van der Waals surface area contributed by atoms with Crippen LogP contribution in [-0.4, -0.2) is 21.2 Å². The lowest BCUT2D eigenvalue weighted by Crippen LogP contribution is -2.25. The van der Waals surface area contributed by atoms with Crippen molar-refractivity contribution < 1.29 is 0 Å². The molecular weight excluding hydrogens is 316 g/mol. The maximum Gasteiger partial charge on any atom is 0.182 e. The Hall–Kier alpha value is -2.27. The number of aliphatic imine (C=N–C) groups is 1. The number of thioether (sulfide) groups is 1. The van der Waals surface area contributed by atoms with E-state index < -0.39 is 0 Å². The molecule has 0 saturated carbocycles. The number of nitrogens with one attached hydrogen (secondary N) is 1. The maximum atomic E-state index is 4.62. The first kappa shape index (κ1) is 16.6. The summed E-state index contributed by atoms with van der Waals surface area (Å²) < 4.78 is 2.26. The van der Waals surface area contributed by atoms with Crippen molar-refractivity contribution in [1.29, 1.82) is 0 Å². The second-order valence-electron chi connectivity index (χ2n) is 5.90. The lowest BCUT2D eigenvalue weighted by atomic mass is 10.1. The molecule has 0 amide bonds. The van der Waals surface area contributed by atoms with Gasteiger partial charge in [0.05, 0.1) is 11.4 Å². The van der Waals surface area contributed by atoms with E-state index in [4.69, 9.17) is 0 Å². The van der Waals surface area contributed by atoms with Crippen LogP contribution >= 0.6 is 11.8 Å². The van der Waals surface area contributed by atoms with Crippen molar-refractivity contribution in [3.63, 3.8) is 0 Å². The maximum absolute atomic E-state index is 4.62. The standard InChI is InChI=1S/C19H22N4S/c1-5-9-23-14(3)11-17(15(23)4)18-12-24-19(22-21-18)20-16-8-6-7-13(2)10-16/h5-8,10-11H,1,9,12H2,2-4H3,(H,20,22). The molecule has 0 saturated heterocycles. The van der Waals surface area contributed by atoms with Gasteiger partial charge in [-0.05, 0) is 44.5 Å². The summed E-state index contributed by atoms with van der Waals surface area (Å²) in [6.07, 6.45) is 1.92. The molecule has 4 nitrogen and oxygen atoms in total. The van der Waals surface area contributed by atoms with Gasteiger partial charge in [0, 0.05) is 29.2 Å². The Morgan fingerprint density at radius 2 is 2.17 bits per heavy atom. The molecule has 124 valence electrons. The lowest BCUT2D eigenvalue weighted by Gasteiger charge is -2.15. The molecule has 0 spiro atoms. The predicted molar refractivity (Wildman–Crippen MR) is 105 cm³/mol. The molecule has 5 heteroatoms. The first-order valence-electron chi connectivity index (χ1n) is 7.97. The van der Waals surface area contributed by atoms with Crippen LogP contribution in [0.15, 0.2) is 53.1 Å². The zero-order chi connectivity index (χ0) is 17.1. The summed E-state index contributed by atoms with van der Waals surface area (Å²) in [7, 11) is 0. The van der Waals surface area contributed by atoms with Crippen LogP contribution in [0.25, 0.3) is 0 Å². The van der Waals surface area contributed by atoms with Gasteiger partial charge in [-0.15, -0.1) is 6.58 Å². The van der Waals surface area contributed by atoms with E-state index in [9.17, 15) is 0 Å². The van der Waals surface area contributed by atoms with Crippen LogP contribution in [0.1, 0.15) is 22.5 Å². The molecule has 3 rings (SSSR count). The third-order valence-corrected chi connectivity index (χ3v) is 4.93. The topological polar surface area (TPSA) is 41.7 Å². The number of hydrogen-bond donors (Lipinski definition) is 1. The second kappa shape index (κ2) is 7.09. The SMILES string of the molecule is C=CCn1c(C)cc(C2=NNC(=Nc3cccc(C)c3)SC2)c1C. The fourth-order valence-corrected chi connectivity index (χ4v) is 3.60. The largest absolute Gasteiger partial charge is 0.345 e. The number of amidine groups is 1. The average Bonchev–Trinajstić information content (AvgIpc) is 2.84. The Bertz CT molecular complexity index is 830. The summed E-state index contributed by atoms with van der Waals surface area (Å²) in [5.41, 5.74) is 9.97. The van der Waals surface area contributed by atoms with Crippen LogP contribution in [0.4, 0.5) is 5.69 Å². The van der Waals surface area contributed by atoms with Gasteiger partial charge in [0.2, 0.25) is 0 Å². The van der Waals surface area contributed by atoms with Gasteiger partial charge in [0.15, 0.2) is 5.17 Å². The van der Waals surface area contributed by atoms with E-state index in [-0.39, 0.29) is 0 Å². The van der Waals surface area contributed by atoms with Crippen LogP contribution in [-0.2, 0) is 6.54 Å². The highest BCUT2D eigenvalue weighted by molar-refractivity contribution is 8.14. The average molecular weight is 338 g/mol. The number of aryl methyl sites for hydroxylation is 2. The predicted octanol–water partition coefficient (Wildman–Crippen LogP) is 4.33. The number of rotatable bonds is 4. The summed E-state index contributed by atoms with van der Waals surface area (Å²) in [4.78, 5) is 4.62. The Kier molecular flexibility index (Phi) is 4.90. The fraction of sp³-hybridized carbons (Fsp3) is 0.263. The van der Waals surface area contributed by atoms with Gasteiger partial charge in [-0.3, -0.25) is 5.43 Å². The van der Waals surface area contributed by atoms with Crippen molar-refractivity contribution in [3.8, 4) is 0 Å². The van der Waals surface area contributed by atoms with Crippen molar-refractivity contribution in [2.24, 2.45) is 10.1 Å². The van der Waals surface area contributed by atoms with Gasteiger partial charge in [-0.25, -0.2) is 4.99 Å². The Morgan fingerprint density at radius 1 is 1.33 bits per heavy atom. The number of hydrazone groups is 1. The highest BCUT2D eigenvalue weighted by atomic mass is 32.2. The minimum atomic E-state index is 0.816. The third-order valence-electron chi connectivity index (χ3n) is 4.06. The Morgan fingerprint density at radius 3 is 2.83 bits per heavy atom. The van der Waals surface area contributed by atoms with Crippen molar-refractivity contribution in [2.75, 3.05) is 5.75 Å². The molecular formula is C19H22N4S. The quantitative estimate of drug-likeness (QED) is 0.843. The molecule has 0 unspecified atom stereocenters. The number of allylic oxidation sites excluding steroid dienone is 1. The molecule has 0 atom stereocenters. The van der Waals surface area contributed by atoms with Gasteiger partial charge < -0.3 is 4.57 Å². The molecule has 2 heterocycles. The summed E-state index contributed by atoms with van der Waals surface area (Å²) in [6.45, 7) is 11.0. The van der Waals surface area contributed by atoms with Crippen molar-refractivity contribution >= 4 is 28.3 Å². The first-order chi connectivity index (χ1) is 11.6.